The number of hydrogen-bond donors (Lipinski definition) is 2. The molecule has 0 aliphatic carbocycles. The van der Waals surface area contributed by atoms with Crippen LogP contribution < -0.4 is 5.32 Å². The Hall–Kier alpha value is -0.220. The fourth-order valence-corrected chi connectivity index (χ4v) is 2.83. The van der Waals surface area contributed by atoms with Gasteiger partial charge >= 0.3 is 5.97 Å². The van der Waals surface area contributed by atoms with Crippen molar-refractivity contribution >= 4 is 17.7 Å². The van der Waals surface area contributed by atoms with Gasteiger partial charge in [-0.25, -0.2) is 0 Å². The lowest BCUT2D eigenvalue weighted by molar-refractivity contribution is -0.140. The van der Waals surface area contributed by atoms with E-state index in [0.717, 1.165) is 24.3 Å². The molecule has 0 aromatic carbocycles. The van der Waals surface area contributed by atoms with Crippen LogP contribution in [0.5, 0.6) is 0 Å². The largest absolute Gasteiger partial charge is 0.480 e. The average molecular weight is 217 g/mol. The highest BCUT2D eigenvalue weighted by Crippen LogP contribution is 2.18. The lowest BCUT2D eigenvalue weighted by Gasteiger charge is -2.20. The van der Waals surface area contributed by atoms with Crippen molar-refractivity contribution in [3.63, 3.8) is 0 Å². The van der Waals surface area contributed by atoms with Gasteiger partial charge < -0.3 is 10.4 Å². The van der Waals surface area contributed by atoms with Crippen molar-refractivity contribution in [3.8, 4) is 0 Å². The van der Waals surface area contributed by atoms with Crippen LogP contribution in [0.15, 0.2) is 0 Å². The van der Waals surface area contributed by atoms with Crippen LogP contribution in [-0.2, 0) is 4.79 Å². The van der Waals surface area contributed by atoms with Crippen LogP contribution in [0, 0.1) is 5.92 Å². The van der Waals surface area contributed by atoms with Gasteiger partial charge in [-0.05, 0) is 24.5 Å². The quantitative estimate of drug-likeness (QED) is 0.734. The Morgan fingerprint density at radius 1 is 1.64 bits per heavy atom. The third-order valence-electron chi connectivity index (χ3n) is 2.37. The zero-order valence-corrected chi connectivity index (χ0v) is 9.64. The van der Waals surface area contributed by atoms with Crippen LogP contribution in [-0.4, -0.2) is 34.7 Å². The summed E-state index contributed by atoms with van der Waals surface area (Å²) in [5.41, 5.74) is 0. The predicted octanol–water partition coefficient (Wildman–Crippen LogP) is 1.58. The molecule has 0 bridgehead atoms. The van der Waals surface area contributed by atoms with Crippen LogP contribution >= 0.6 is 11.8 Å². The lowest BCUT2D eigenvalue weighted by Crippen LogP contribution is -2.44. The van der Waals surface area contributed by atoms with E-state index in [2.05, 4.69) is 19.2 Å². The Labute approximate surface area is 89.6 Å². The number of carboxylic acids is 1. The summed E-state index contributed by atoms with van der Waals surface area (Å²) in [7, 11) is 0. The normalized spacial score (nSPS) is 24.1. The van der Waals surface area contributed by atoms with E-state index in [1.165, 1.54) is 0 Å². The molecular weight excluding hydrogens is 198 g/mol. The first-order valence-electron chi connectivity index (χ1n) is 5.16. The summed E-state index contributed by atoms with van der Waals surface area (Å²) in [6.07, 6.45) is 1.82. The average Bonchev–Trinajstić information content (AvgIpc) is 2.54. The maximum absolute atomic E-state index is 11.0. The summed E-state index contributed by atoms with van der Waals surface area (Å²) in [4.78, 5) is 11.0. The number of carboxylic acid groups (broad SMARTS) is 1. The first-order valence-corrected chi connectivity index (χ1v) is 6.31. The monoisotopic (exact) mass is 217 g/mol. The van der Waals surface area contributed by atoms with E-state index in [4.69, 9.17) is 5.11 Å². The molecule has 2 unspecified atom stereocenters. The molecule has 4 heteroatoms. The van der Waals surface area contributed by atoms with E-state index in [-0.39, 0.29) is 6.04 Å². The minimum absolute atomic E-state index is 0.362. The van der Waals surface area contributed by atoms with Gasteiger partial charge in [0.1, 0.15) is 6.04 Å². The molecule has 0 spiro atoms. The van der Waals surface area contributed by atoms with Crippen molar-refractivity contribution in [2.45, 2.75) is 38.8 Å². The highest BCUT2D eigenvalue weighted by Gasteiger charge is 2.24. The van der Waals surface area contributed by atoms with Crippen molar-refractivity contribution in [3.05, 3.63) is 0 Å². The predicted molar refractivity (Wildman–Crippen MR) is 59.7 cm³/mol. The standard InChI is InChI=1S/C10H19NO2S/c1-7(2)5-9(10(12)13)11-8-3-4-14-6-8/h7-9,11H,3-6H2,1-2H3,(H,12,13). The van der Waals surface area contributed by atoms with Crippen LogP contribution in [0.3, 0.4) is 0 Å². The highest BCUT2D eigenvalue weighted by atomic mass is 32.2. The highest BCUT2D eigenvalue weighted by molar-refractivity contribution is 7.99. The Bertz CT molecular complexity index is 191. The molecule has 82 valence electrons. The number of hydrogen-bond acceptors (Lipinski definition) is 3. The SMILES string of the molecule is CC(C)CC(NC1CCSC1)C(=O)O. The van der Waals surface area contributed by atoms with Gasteiger partial charge in [-0.15, -0.1) is 0 Å². The van der Waals surface area contributed by atoms with Gasteiger partial charge in [0.25, 0.3) is 0 Å². The van der Waals surface area contributed by atoms with E-state index >= 15 is 0 Å². The number of nitrogens with one attached hydrogen (secondary N) is 1. The van der Waals surface area contributed by atoms with E-state index in [0.29, 0.717) is 12.0 Å². The van der Waals surface area contributed by atoms with Gasteiger partial charge in [0, 0.05) is 11.8 Å². The van der Waals surface area contributed by atoms with Gasteiger partial charge in [0.2, 0.25) is 0 Å². The zero-order valence-electron chi connectivity index (χ0n) is 8.82. The summed E-state index contributed by atoms with van der Waals surface area (Å²) < 4.78 is 0. The van der Waals surface area contributed by atoms with Crippen molar-refractivity contribution in [1.29, 1.82) is 0 Å². The zero-order chi connectivity index (χ0) is 10.6. The number of carbonyl (C=O) groups is 1. The molecule has 1 heterocycles. The molecule has 1 saturated heterocycles. The third kappa shape index (κ3) is 3.88. The summed E-state index contributed by atoms with van der Waals surface area (Å²) in [5.74, 6) is 1.93. The second kappa shape index (κ2) is 5.61. The summed E-state index contributed by atoms with van der Waals surface area (Å²) in [6.45, 7) is 4.11. The Kier molecular flexibility index (Phi) is 4.75. The van der Waals surface area contributed by atoms with Gasteiger partial charge in [0.05, 0.1) is 0 Å². The molecule has 1 rings (SSSR count). The van der Waals surface area contributed by atoms with Crippen molar-refractivity contribution in [1.82, 2.24) is 5.32 Å². The molecular formula is C10H19NO2S. The molecule has 0 aromatic heterocycles. The second-order valence-corrected chi connectivity index (χ2v) is 5.40. The maximum atomic E-state index is 11.0. The Morgan fingerprint density at radius 3 is 2.79 bits per heavy atom. The second-order valence-electron chi connectivity index (χ2n) is 4.25. The molecule has 0 amide bonds. The molecule has 2 N–H and O–H groups in total. The number of aliphatic carboxylic acids is 1. The van der Waals surface area contributed by atoms with Gasteiger partial charge in [0.15, 0.2) is 0 Å². The minimum atomic E-state index is -0.712. The molecule has 0 radical (unpaired) electrons. The van der Waals surface area contributed by atoms with E-state index in [1.807, 2.05) is 11.8 Å². The van der Waals surface area contributed by atoms with Crippen LogP contribution in [0.1, 0.15) is 26.7 Å². The summed E-state index contributed by atoms with van der Waals surface area (Å²) in [6, 6.07) is 0.0403. The summed E-state index contributed by atoms with van der Waals surface area (Å²) >= 11 is 1.90. The topological polar surface area (TPSA) is 49.3 Å². The van der Waals surface area contributed by atoms with Crippen LogP contribution in [0.25, 0.3) is 0 Å². The molecule has 0 saturated carbocycles. The first-order chi connectivity index (χ1) is 6.59. The molecule has 14 heavy (non-hydrogen) atoms. The molecule has 1 fully saturated rings. The van der Waals surface area contributed by atoms with E-state index in [9.17, 15) is 4.79 Å². The molecule has 0 aromatic rings. The lowest BCUT2D eigenvalue weighted by atomic mass is 10.0. The van der Waals surface area contributed by atoms with Gasteiger partial charge in [-0.2, -0.15) is 11.8 Å². The Balaban J connectivity index is 2.37. The maximum Gasteiger partial charge on any atom is 0.320 e. The van der Waals surface area contributed by atoms with Gasteiger partial charge in [-0.1, -0.05) is 13.8 Å². The van der Waals surface area contributed by atoms with Crippen molar-refractivity contribution in [2.24, 2.45) is 5.92 Å². The minimum Gasteiger partial charge on any atom is -0.480 e. The fourth-order valence-electron chi connectivity index (χ4n) is 1.66. The van der Waals surface area contributed by atoms with Crippen LogP contribution in [0.4, 0.5) is 0 Å². The molecule has 3 nitrogen and oxygen atoms in total. The van der Waals surface area contributed by atoms with Crippen molar-refractivity contribution < 1.29 is 9.90 Å². The molecule has 1 aliphatic rings. The van der Waals surface area contributed by atoms with Gasteiger partial charge in [-0.3, -0.25) is 4.79 Å². The van der Waals surface area contributed by atoms with Crippen molar-refractivity contribution in [2.75, 3.05) is 11.5 Å². The third-order valence-corrected chi connectivity index (χ3v) is 3.53. The number of thioether (sulfide) groups is 1. The Morgan fingerprint density at radius 2 is 2.36 bits per heavy atom. The van der Waals surface area contributed by atoms with E-state index < -0.39 is 5.97 Å². The molecule has 2 atom stereocenters. The molecule has 1 aliphatic heterocycles. The smallest absolute Gasteiger partial charge is 0.320 e. The fraction of sp³-hybridized carbons (Fsp3) is 0.900. The summed E-state index contributed by atoms with van der Waals surface area (Å²) in [5, 5.41) is 12.2. The van der Waals surface area contributed by atoms with E-state index in [1.54, 1.807) is 0 Å². The first kappa shape index (κ1) is 11.9. The number of rotatable bonds is 5. The van der Waals surface area contributed by atoms with Crippen LogP contribution in [0.2, 0.25) is 0 Å².